The molecule has 0 saturated carbocycles. The van der Waals surface area contributed by atoms with Crippen molar-refractivity contribution in [3.63, 3.8) is 0 Å². The summed E-state index contributed by atoms with van der Waals surface area (Å²) in [6.07, 6.45) is 3.34. The molecule has 1 heterocycles. The van der Waals surface area contributed by atoms with E-state index in [0.717, 1.165) is 25.1 Å². The van der Waals surface area contributed by atoms with Crippen LogP contribution >= 0.6 is 0 Å². The third-order valence-corrected chi connectivity index (χ3v) is 4.06. The molecule has 0 amide bonds. The molecule has 0 aliphatic carbocycles. The Morgan fingerprint density at radius 2 is 1.65 bits per heavy atom. The van der Waals surface area contributed by atoms with Crippen molar-refractivity contribution >= 4 is 5.69 Å². The summed E-state index contributed by atoms with van der Waals surface area (Å²) in [4.78, 5) is 2.44. The van der Waals surface area contributed by atoms with E-state index in [1.54, 1.807) is 0 Å². The SMILES string of the molecule is C(#Cc1ccccc1N1CCCC1)CCOCc1ccccc1. The zero-order valence-corrected chi connectivity index (χ0v) is 13.5. The fraction of sp³-hybridized carbons (Fsp3) is 0.333. The van der Waals surface area contributed by atoms with Crippen molar-refractivity contribution in [2.24, 2.45) is 0 Å². The van der Waals surface area contributed by atoms with Gasteiger partial charge in [0.05, 0.1) is 18.9 Å². The van der Waals surface area contributed by atoms with Gasteiger partial charge in [-0.25, -0.2) is 0 Å². The smallest absolute Gasteiger partial charge is 0.0717 e. The Kier molecular flexibility index (Phi) is 5.72. The molecule has 2 heteroatoms. The van der Waals surface area contributed by atoms with Crippen molar-refractivity contribution in [1.82, 2.24) is 0 Å². The highest BCUT2D eigenvalue weighted by molar-refractivity contribution is 5.61. The molecule has 118 valence electrons. The van der Waals surface area contributed by atoms with Gasteiger partial charge in [0.1, 0.15) is 0 Å². The Balaban J connectivity index is 1.49. The molecule has 0 bridgehead atoms. The van der Waals surface area contributed by atoms with Gasteiger partial charge in [-0.15, -0.1) is 0 Å². The molecule has 3 rings (SSSR count). The minimum atomic E-state index is 0.660. The average molecular weight is 305 g/mol. The maximum absolute atomic E-state index is 5.67. The Labute approximate surface area is 139 Å². The summed E-state index contributed by atoms with van der Waals surface area (Å²) in [5.41, 5.74) is 3.63. The Morgan fingerprint density at radius 1 is 0.913 bits per heavy atom. The van der Waals surface area contributed by atoms with E-state index in [1.807, 2.05) is 18.2 Å². The first-order valence-corrected chi connectivity index (χ1v) is 8.38. The molecule has 23 heavy (non-hydrogen) atoms. The lowest BCUT2D eigenvalue weighted by Crippen LogP contribution is -2.18. The second-order valence-corrected chi connectivity index (χ2v) is 5.80. The van der Waals surface area contributed by atoms with Crippen LogP contribution in [0.2, 0.25) is 0 Å². The maximum Gasteiger partial charge on any atom is 0.0717 e. The summed E-state index contributed by atoms with van der Waals surface area (Å²) in [6, 6.07) is 18.7. The summed E-state index contributed by atoms with van der Waals surface area (Å²) >= 11 is 0. The molecular formula is C21H23NO. The van der Waals surface area contributed by atoms with E-state index in [2.05, 4.69) is 53.1 Å². The summed E-state index contributed by atoms with van der Waals surface area (Å²) in [5, 5.41) is 0. The quantitative estimate of drug-likeness (QED) is 0.605. The monoisotopic (exact) mass is 305 g/mol. The van der Waals surface area contributed by atoms with Crippen LogP contribution in [0.4, 0.5) is 5.69 Å². The predicted molar refractivity (Wildman–Crippen MR) is 95.5 cm³/mol. The van der Waals surface area contributed by atoms with Crippen LogP contribution in [0.3, 0.4) is 0 Å². The van der Waals surface area contributed by atoms with Crippen molar-refractivity contribution in [2.75, 3.05) is 24.6 Å². The van der Waals surface area contributed by atoms with Crippen LogP contribution < -0.4 is 4.90 Å². The van der Waals surface area contributed by atoms with Gasteiger partial charge in [0.15, 0.2) is 0 Å². The number of anilines is 1. The molecule has 0 atom stereocenters. The van der Waals surface area contributed by atoms with Gasteiger partial charge in [-0.05, 0) is 30.5 Å². The zero-order chi connectivity index (χ0) is 15.7. The van der Waals surface area contributed by atoms with Crippen molar-refractivity contribution in [2.45, 2.75) is 25.9 Å². The largest absolute Gasteiger partial charge is 0.376 e. The Morgan fingerprint density at radius 3 is 2.48 bits per heavy atom. The number of ether oxygens (including phenoxy) is 1. The zero-order valence-electron chi connectivity index (χ0n) is 13.5. The van der Waals surface area contributed by atoms with Crippen molar-refractivity contribution in [3.05, 3.63) is 65.7 Å². The van der Waals surface area contributed by atoms with Gasteiger partial charge in [-0.2, -0.15) is 0 Å². The lowest BCUT2D eigenvalue weighted by Gasteiger charge is -2.19. The van der Waals surface area contributed by atoms with Gasteiger partial charge >= 0.3 is 0 Å². The number of hydrogen-bond acceptors (Lipinski definition) is 2. The van der Waals surface area contributed by atoms with E-state index in [1.165, 1.54) is 24.1 Å². The van der Waals surface area contributed by atoms with Crippen LogP contribution in [-0.4, -0.2) is 19.7 Å². The topological polar surface area (TPSA) is 12.5 Å². The van der Waals surface area contributed by atoms with E-state index >= 15 is 0 Å². The number of nitrogens with zero attached hydrogens (tertiary/aromatic N) is 1. The first-order chi connectivity index (χ1) is 11.4. The Hall–Kier alpha value is -2.24. The first kappa shape index (κ1) is 15.6. The van der Waals surface area contributed by atoms with Crippen LogP contribution in [0.15, 0.2) is 54.6 Å². The van der Waals surface area contributed by atoms with Crippen LogP contribution in [0.1, 0.15) is 30.4 Å². The highest BCUT2D eigenvalue weighted by Crippen LogP contribution is 2.23. The average Bonchev–Trinajstić information content (AvgIpc) is 3.14. The minimum Gasteiger partial charge on any atom is -0.376 e. The van der Waals surface area contributed by atoms with Gasteiger partial charge < -0.3 is 9.64 Å². The molecule has 2 aromatic carbocycles. The predicted octanol–water partition coefficient (Wildman–Crippen LogP) is 4.25. The second-order valence-electron chi connectivity index (χ2n) is 5.80. The fourth-order valence-corrected chi connectivity index (χ4v) is 2.86. The van der Waals surface area contributed by atoms with Crippen molar-refractivity contribution in [3.8, 4) is 11.8 Å². The highest BCUT2D eigenvalue weighted by Gasteiger charge is 2.14. The molecule has 0 spiro atoms. The molecular weight excluding hydrogens is 282 g/mol. The molecule has 1 aliphatic heterocycles. The standard InChI is InChI=1S/C21H23NO/c1-2-10-19(11-3-1)18-23-17-9-6-13-20-12-4-5-14-21(20)22-15-7-8-16-22/h1-5,10-12,14H,7-9,15-18H2. The number of hydrogen-bond donors (Lipinski definition) is 0. The summed E-state index contributed by atoms with van der Waals surface area (Å²) in [5.74, 6) is 6.57. The van der Waals surface area contributed by atoms with Crippen LogP contribution in [0.25, 0.3) is 0 Å². The van der Waals surface area contributed by atoms with Gasteiger partial charge in [-0.3, -0.25) is 0 Å². The first-order valence-electron chi connectivity index (χ1n) is 8.38. The normalized spacial score (nSPS) is 13.7. The van der Waals surface area contributed by atoms with E-state index in [9.17, 15) is 0 Å². The number of para-hydroxylation sites is 1. The maximum atomic E-state index is 5.67. The minimum absolute atomic E-state index is 0.660. The molecule has 0 radical (unpaired) electrons. The van der Waals surface area contributed by atoms with Gasteiger partial charge in [0.25, 0.3) is 0 Å². The van der Waals surface area contributed by atoms with E-state index in [-0.39, 0.29) is 0 Å². The van der Waals surface area contributed by atoms with Gasteiger partial charge in [0, 0.05) is 25.1 Å². The van der Waals surface area contributed by atoms with Gasteiger partial charge in [-0.1, -0.05) is 54.3 Å². The molecule has 2 nitrogen and oxygen atoms in total. The molecule has 0 aromatic heterocycles. The molecule has 2 aromatic rings. The number of rotatable bonds is 5. The van der Waals surface area contributed by atoms with Crippen molar-refractivity contribution < 1.29 is 4.74 Å². The summed E-state index contributed by atoms with van der Waals surface area (Å²) in [7, 11) is 0. The Bertz CT molecular complexity index is 663. The molecule has 1 saturated heterocycles. The lowest BCUT2D eigenvalue weighted by atomic mass is 10.1. The second kappa shape index (κ2) is 8.41. The third-order valence-electron chi connectivity index (χ3n) is 4.06. The highest BCUT2D eigenvalue weighted by atomic mass is 16.5. The number of benzene rings is 2. The third kappa shape index (κ3) is 4.61. The van der Waals surface area contributed by atoms with Crippen LogP contribution in [-0.2, 0) is 11.3 Å². The molecule has 1 aliphatic rings. The summed E-state index contributed by atoms with van der Waals surface area (Å²) < 4.78 is 5.67. The lowest BCUT2D eigenvalue weighted by molar-refractivity contribution is 0.126. The van der Waals surface area contributed by atoms with Crippen LogP contribution in [0, 0.1) is 11.8 Å². The van der Waals surface area contributed by atoms with E-state index < -0.39 is 0 Å². The molecule has 0 N–H and O–H groups in total. The summed E-state index contributed by atoms with van der Waals surface area (Å²) in [6.45, 7) is 3.64. The fourth-order valence-electron chi connectivity index (χ4n) is 2.86. The van der Waals surface area contributed by atoms with Crippen LogP contribution in [0.5, 0.6) is 0 Å². The van der Waals surface area contributed by atoms with E-state index in [0.29, 0.717) is 13.2 Å². The molecule has 1 fully saturated rings. The van der Waals surface area contributed by atoms with Gasteiger partial charge in [0.2, 0.25) is 0 Å². The van der Waals surface area contributed by atoms with Crippen molar-refractivity contribution in [1.29, 1.82) is 0 Å². The van der Waals surface area contributed by atoms with E-state index in [4.69, 9.17) is 4.74 Å². The molecule has 0 unspecified atom stereocenters.